The Kier molecular flexibility index (Phi) is 6.24. The largest absolute Gasteiger partial charge is 0.474 e. The Bertz CT molecular complexity index is 495. The molecule has 1 unspecified atom stereocenters. The fourth-order valence-corrected chi connectivity index (χ4v) is 1.48. The monoisotopic (exact) mass is 283 g/mol. The minimum atomic E-state index is -0.787. The summed E-state index contributed by atoms with van der Waals surface area (Å²) in [4.78, 5) is 23.4. The van der Waals surface area contributed by atoms with E-state index in [1.54, 1.807) is 6.92 Å². The van der Waals surface area contributed by atoms with Crippen molar-refractivity contribution in [3.05, 3.63) is 28.3 Å². The molecule has 0 spiro atoms. The summed E-state index contributed by atoms with van der Waals surface area (Å²) < 4.78 is 10.2. The predicted octanol–water partition coefficient (Wildman–Crippen LogP) is 1.06. The lowest BCUT2D eigenvalue weighted by molar-refractivity contribution is -0.127. The maximum atomic E-state index is 11.8. The number of carbonyl (C=O) groups excluding carboxylic acids is 1. The highest BCUT2D eigenvalue weighted by Gasteiger charge is 2.16. The summed E-state index contributed by atoms with van der Waals surface area (Å²) >= 11 is 0. The molecule has 1 rings (SSSR count). The number of hydrogen-bond acceptors (Lipinski definition) is 5. The van der Waals surface area contributed by atoms with Crippen LogP contribution in [0.2, 0.25) is 0 Å². The zero-order chi connectivity index (χ0) is 15.1. The molecule has 0 saturated carbocycles. The van der Waals surface area contributed by atoms with Gasteiger partial charge in [0.15, 0.2) is 6.10 Å². The summed E-state index contributed by atoms with van der Waals surface area (Å²) in [6.45, 7) is 5.91. The van der Waals surface area contributed by atoms with Crippen LogP contribution in [-0.4, -0.2) is 23.7 Å². The van der Waals surface area contributed by atoms with E-state index in [9.17, 15) is 9.59 Å². The van der Waals surface area contributed by atoms with E-state index in [1.807, 2.05) is 0 Å². The predicted molar refractivity (Wildman–Crippen MR) is 73.5 cm³/mol. The maximum absolute atomic E-state index is 11.8. The first-order chi connectivity index (χ1) is 9.43. The standard InChI is InChI=1S/C14H21NO5/c1-9(2)4-5-15-14(18)10(3)20-13-8-19-11(7-16)6-12(13)17/h6,8-10,16H,4-5,7H2,1-3H3,(H,15,18). The van der Waals surface area contributed by atoms with Crippen molar-refractivity contribution >= 4 is 5.91 Å². The van der Waals surface area contributed by atoms with Crippen molar-refractivity contribution in [2.24, 2.45) is 5.92 Å². The molecular formula is C14H21NO5. The highest BCUT2D eigenvalue weighted by atomic mass is 16.5. The van der Waals surface area contributed by atoms with E-state index < -0.39 is 11.5 Å². The number of hydrogen-bond donors (Lipinski definition) is 2. The van der Waals surface area contributed by atoms with E-state index >= 15 is 0 Å². The smallest absolute Gasteiger partial charge is 0.260 e. The number of ether oxygens (including phenoxy) is 1. The number of amides is 1. The number of aliphatic hydroxyl groups excluding tert-OH is 1. The summed E-state index contributed by atoms with van der Waals surface area (Å²) in [5.41, 5.74) is -0.429. The zero-order valence-electron chi connectivity index (χ0n) is 12.0. The van der Waals surface area contributed by atoms with Gasteiger partial charge in [0, 0.05) is 12.6 Å². The molecule has 0 aromatic carbocycles. The molecule has 0 radical (unpaired) electrons. The first-order valence-electron chi connectivity index (χ1n) is 6.61. The molecule has 0 bridgehead atoms. The third-order valence-corrected chi connectivity index (χ3v) is 2.70. The van der Waals surface area contributed by atoms with Crippen molar-refractivity contribution in [3.63, 3.8) is 0 Å². The highest BCUT2D eigenvalue weighted by molar-refractivity contribution is 5.80. The molecule has 1 aromatic heterocycles. The Morgan fingerprint density at radius 3 is 2.70 bits per heavy atom. The van der Waals surface area contributed by atoms with Crippen LogP contribution in [0.3, 0.4) is 0 Å². The lowest BCUT2D eigenvalue weighted by atomic mass is 10.1. The van der Waals surface area contributed by atoms with Gasteiger partial charge in [-0.3, -0.25) is 9.59 Å². The van der Waals surface area contributed by atoms with Gasteiger partial charge >= 0.3 is 0 Å². The third-order valence-electron chi connectivity index (χ3n) is 2.70. The Balaban J connectivity index is 2.55. The van der Waals surface area contributed by atoms with Crippen LogP contribution in [0.5, 0.6) is 5.75 Å². The summed E-state index contributed by atoms with van der Waals surface area (Å²) in [6, 6.07) is 1.14. The van der Waals surface area contributed by atoms with E-state index in [1.165, 1.54) is 0 Å². The van der Waals surface area contributed by atoms with Crippen LogP contribution >= 0.6 is 0 Å². The van der Waals surface area contributed by atoms with Crippen LogP contribution in [0.25, 0.3) is 0 Å². The summed E-state index contributed by atoms with van der Waals surface area (Å²) in [5, 5.41) is 11.6. The molecule has 1 heterocycles. The molecule has 112 valence electrons. The molecule has 0 fully saturated rings. The van der Waals surface area contributed by atoms with Gasteiger partial charge in [0.2, 0.25) is 11.2 Å². The van der Waals surface area contributed by atoms with Gasteiger partial charge < -0.3 is 19.6 Å². The molecule has 2 N–H and O–H groups in total. The number of rotatable bonds is 7. The van der Waals surface area contributed by atoms with E-state index in [4.69, 9.17) is 14.3 Å². The van der Waals surface area contributed by atoms with Gasteiger partial charge in [-0.15, -0.1) is 0 Å². The molecule has 6 nitrogen and oxygen atoms in total. The Morgan fingerprint density at radius 2 is 2.15 bits per heavy atom. The van der Waals surface area contributed by atoms with Gasteiger partial charge in [0.25, 0.3) is 5.91 Å². The Morgan fingerprint density at radius 1 is 1.45 bits per heavy atom. The van der Waals surface area contributed by atoms with E-state index in [2.05, 4.69) is 19.2 Å². The van der Waals surface area contributed by atoms with Gasteiger partial charge in [-0.25, -0.2) is 0 Å². The lowest BCUT2D eigenvalue weighted by Crippen LogP contribution is -2.37. The van der Waals surface area contributed by atoms with E-state index in [0.29, 0.717) is 12.5 Å². The molecular weight excluding hydrogens is 262 g/mol. The normalized spacial score (nSPS) is 12.2. The molecule has 20 heavy (non-hydrogen) atoms. The van der Waals surface area contributed by atoms with Crippen LogP contribution in [0, 0.1) is 5.92 Å². The van der Waals surface area contributed by atoms with Crippen molar-refractivity contribution in [1.29, 1.82) is 0 Å². The number of nitrogens with one attached hydrogen (secondary N) is 1. The SMILES string of the molecule is CC(C)CCNC(=O)C(C)Oc1coc(CO)cc1=O. The second-order valence-electron chi connectivity index (χ2n) is 4.97. The first kappa shape index (κ1) is 16.2. The number of aliphatic hydroxyl groups is 1. The second-order valence-corrected chi connectivity index (χ2v) is 4.97. The summed E-state index contributed by atoms with van der Waals surface area (Å²) in [5.74, 6) is 0.325. The average Bonchev–Trinajstić information content (AvgIpc) is 2.40. The molecule has 0 aliphatic rings. The highest BCUT2D eigenvalue weighted by Crippen LogP contribution is 2.08. The fraction of sp³-hybridized carbons (Fsp3) is 0.571. The third kappa shape index (κ3) is 5.05. The molecule has 0 aliphatic carbocycles. The summed E-state index contributed by atoms with van der Waals surface area (Å²) in [6.07, 6.45) is 1.20. The topological polar surface area (TPSA) is 88.8 Å². The van der Waals surface area contributed by atoms with Crippen molar-refractivity contribution in [2.75, 3.05) is 6.54 Å². The Hall–Kier alpha value is -1.82. The maximum Gasteiger partial charge on any atom is 0.260 e. The first-order valence-corrected chi connectivity index (χ1v) is 6.61. The quantitative estimate of drug-likeness (QED) is 0.781. The van der Waals surface area contributed by atoms with Crippen molar-refractivity contribution in [1.82, 2.24) is 5.32 Å². The van der Waals surface area contributed by atoms with Crippen LogP contribution in [0.4, 0.5) is 0 Å². The van der Waals surface area contributed by atoms with E-state index in [-0.39, 0.29) is 24.0 Å². The lowest BCUT2D eigenvalue weighted by Gasteiger charge is -2.14. The van der Waals surface area contributed by atoms with Crippen LogP contribution in [0.1, 0.15) is 33.0 Å². The molecule has 1 amide bonds. The van der Waals surface area contributed by atoms with Gasteiger partial charge in [0.1, 0.15) is 18.6 Å². The zero-order valence-corrected chi connectivity index (χ0v) is 12.0. The van der Waals surface area contributed by atoms with Gasteiger partial charge in [-0.1, -0.05) is 13.8 Å². The van der Waals surface area contributed by atoms with Crippen molar-refractivity contribution in [3.8, 4) is 5.75 Å². The van der Waals surface area contributed by atoms with Crippen LogP contribution < -0.4 is 15.5 Å². The van der Waals surface area contributed by atoms with Crippen molar-refractivity contribution in [2.45, 2.75) is 39.9 Å². The van der Waals surface area contributed by atoms with Gasteiger partial charge in [-0.05, 0) is 19.3 Å². The molecule has 0 saturated heterocycles. The number of carbonyl (C=O) groups is 1. The van der Waals surface area contributed by atoms with Crippen molar-refractivity contribution < 1.29 is 19.1 Å². The average molecular weight is 283 g/mol. The van der Waals surface area contributed by atoms with E-state index in [0.717, 1.165) is 18.8 Å². The molecule has 1 atom stereocenters. The van der Waals surface area contributed by atoms with Crippen LogP contribution in [-0.2, 0) is 11.4 Å². The minimum Gasteiger partial charge on any atom is -0.474 e. The van der Waals surface area contributed by atoms with Gasteiger partial charge in [0.05, 0.1) is 0 Å². The fourth-order valence-electron chi connectivity index (χ4n) is 1.48. The Labute approximate surface area is 117 Å². The van der Waals surface area contributed by atoms with Gasteiger partial charge in [-0.2, -0.15) is 0 Å². The second kappa shape index (κ2) is 7.69. The molecule has 0 aliphatic heterocycles. The molecule has 1 aromatic rings. The summed E-state index contributed by atoms with van der Waals surface area (Å²) in [7, 11) is 0. The molecule has 6 heteroatoms. The minimum absolute atomic E-state index is 0.0475. The van der Waals surface area contributed by atoms with Crippen LogP contribution in [0.15, 0.2) is 21.5 Å².